The minimum atomic E-state index is -1.26. The van der Waals surface area contributed by atoms with E-state index in [-0.39, 0.29) is 13.2 Å². The van der Waals surface area contributed by atoms with Crippen LogP contribution in [0.2, 0.25) is 0 Å². The molecule has 0 aliphatic carbocycles. The Morgan fingerprint density at radius 3 is 1.97 bits per heavy atom. The van der Waals surface area contributed by atoms with Gasteiger partial charge in [0.1, 0.15) is 5.75 Å². The molecule has 1 heterocycles. The fraction of sp³-hybridized carbons (Fsp3) is 0.455. The number of fused-ring (bicyclic) bond motifs is 1. The number of methoxy groups -OCH3 is 1. The molecule has 0 aromatic heterocycles. The molecule has 0 spiro atoms. The van der Waals surface area contributed by atoms with Gasteiger partial charge in [0.05, 0.1) is 20.3 Å². The second-order valence-electron chi connectivity index (χ2n) is 6.62. The summed E-state index contributed by atoms with van der Waals surface area (Å²) in [5.74, 6) is -1.80. The lowest BCUT2D eigenvalue weighted by atomic mass is 9.99. The highest BCUT2D eigenvalue weighted by molar-refractivity contribution is 5.87. The first kappa shape index (κ1) is 21.1. The number of hydrogen-bond acceptors (Lipinski definition) is 7. The predicted octanol–water partition coefficient (Wildman–Crippen LogP) is 3.32. The summed E-state index contributed by atoms with van der Waals surface area (Å²) in [4.78, 5) is 24.9. The maximum Gasteiger partial charge on any atom is 0.338 e. The van der Waals surface area contributed by atoms with Crippen LogP contribution in [0.4, 0.5) is 0 Å². The molecule has 1 fully saturated rings. The molecular formula is C22H26O7. The SMILES string of the molecule is CCOC(=O)C1OC(CC)(c2ccc3cc(OC)ccc3c2)OC1C(=O)OCC. The van der Waals surface area contributed by atoms with Gasteiger partial charge in [-0.2, -0.15) is 0 Å². The normalized spacial score (nSPS) is 23.7. The molecule has 0 bridgehead atoms. The van der Waals surface area contributed by atoms with Crippen molar-refractivity contribution in [1.29, 1.82) is 0 Å². The summed E-state index contributed by atoms with van der Waals surface area (Å²) in [6, 6.07) is 11.4. The van der Waals surface area contributed by atoms with E-state index in [9.17, 15) is 9.59 Å². The molecule has 3 rings (SSSR count). The second kappa shape index (κ2) is 8.80. The van der Waals surface area contributed by atoms with Crippen LogP contribution in [0.3, 0.4) is 0 Å². The highest BCUT2D eigenvalue weighted by atomic mass is 16.8. The van der Waals surface area contributed by atoms with Gasteiger partial charge in [-0.05, 0) is 42.8 Å². The van der Waals surface area contributed by atoms with Gasteiger partial charge in [0, 0.05) is 12.0 Å². The zero-order chi connectivity index (χ0) is 21.0. The van der Waals surface area contributed by atoms with Gasteiger partial charge in [-0.3, -0.25) is 0 Å². The highest BCUT2D eigenvalue weighted by Gasteiger charge is 2.55. The Morgan fingerprint density at radius 2 is 1.45 bits per heavy atom. The molecule has 7 heteroatoms. The number of rotatable bonds is 7. The van der Waals surface area contributed by atoms with Crippen molar-refractivity contribution in [1.82, 2.24) is 0 Å². The lowest BCUT2D eigenvalue weighted by Gasteiger charge is -2.27. The van der Waals surface area contributed by atoms with Crippen LogP contribution in [0.5, 0.6) is 5.75 Å². The largest absolute Gasteiger partial charge is 0.497 e. The topological polar surface area (TPSA) is 80.3 Å². The van der Waals surface area contributed by atoms with Crippen molar-refractivity contribution in [3.05, 3.63) is 42.0 Å². The summed E-state index contributed by atoms with van der Waals surface area (Å²) in [5, 5.41) is 1.94. The van der Waals surface area contributed by atoms with Crippen molar-refractivity contribution in [3.8, 4) is 5.75 Å². The van der Waals surface area contributed by atoms with Crippen molar-refractivity contribution in [2.24, 2.45) is 0 Å². The molecule has 2 atom stereocenters. The lowest BCUT2D eigenvalue weighted by Crippen LogP contribution is -2.39. The van der Waals surface area contributed by atoms with Gasteiger partial charge in [0.15, 0.2) is 18.0 Å². The number of esters is 2. The van der Waals surface area contributed by atoms with Crippen LogP contribution in [-0.2, 0) is 34.3 Å². The summed E-state index contributed by atoms with van der Waals surface area (Å²) in [6.07, 6.45) is -2.00. The van der Waals surface area contributed by atoms with E-state index in [4.69, 9.17) is 23.7 Å². The van der Waals surface area contributed by atoms with Crippen molar-refractivity contribution in [3.63, 3.8) is 0 Å². The molecule has 29 heavy (non-hydrogen) atoms. The van der Waals surface area contributed by atoms with Crippen molar-refractivity contribution >= 4 is 22.7 Å². The summed E-state index contributed by atoms with van der Waals surface area (Å²) in [6.45, 7) is 5.60. The molecule has 2 aromatic rings. The summed E-state index contributed by atoms with van der Waals surface area (Å²) in [5.41, 5.74) is 0.707. The van der Waals surface area contributed by atoms with Gasteiger partial charge in [-0.1, -0.05) is 25.1 Å². The zero-order valence-corrected chi connectivity index (χ0v) is 17.1. The van der Waals surface area contributed by atoms with Gasteiger partial charge in [-0.25, -0.2) is 9.59 Å². The number of carbonyl (C=O) groups excluding carboxylic acids is 2. The Kier molecular flexibility index (Phi) is 6.39. The number of hydrogen-bond donors (Lipinski definition) is 0. The monoisotopic (exact) mass is 402 g/mol. The first-order valence-electron chi connectivity index (χ1n) is 9.75. The highest BCUT2D eigenvalue weighted by Crippen LogP contribution is 2.42. The van der Waals surface area contributed by atoms with Crippen LogP contribution < -0.4 is 4.74 Å². The van der Waals surface area contributed by atoms with E-state index >= 15 is 0 Å². The Balaban J connectivity index is 1.99. The van der Waals surface area contributed by atoms with E-state index in [0.717, 1.165) is 16.5 Å². The summed E-state index contributed by atoms with van der Waals surface area (Å²) >= 11 is 0. The third-order valence-electron chi connectivity index (χ3n) is 4.90. The molecule has 2 aromatic carbocycles. The average Bonchev–Trinajstić information content (AvgIpc) is 3.15. The quantitative estimate of drug-likeness (QED) is 0.657. The average molecular weight is 402 g/mol. The maximum atomic E-state index is 12.4. The minimum Gasteiger partial charge on any atom is -0.497 e. The number of carbonyl (C=O) groups is 2. The fourth-order valence-electron chi connectivity index (χ4n) is 3.45. The molecular weight excluding hydrogens is 376 g/mol. The smallest absolute Gasteiger partial charge is 0.338 e. The van der Waals surface area contributed by atoms with E-state index in [1.54, 1.807) is 21.0 Å². The van der Waals surface area contributed by atoms with E-state index in [1.165, 1.54) is 0 Å². The van der Waals surface area contributed by atoms with Gasteiger partial charge in [0.25, 0.3) is 0 Å². The first-order valence-corrected chi connectivity index (χ1v) is 9.75. The van der Waals surface area contributed by atoms with Gasteiger partial charge >= 0.3 is 11.9 Å². The van der Waals surface area contributed by atoms with Gasteiger partial charge in [-0.15, -0.1) is 0 Å². The molecule has 7 nitrogen and oxygen atoms in total. The summed E-state index contributed by atoms with van der Waals surface area (Å²) < 4.78 is 27.5. The molecule has 1 saturated heterocycles. The Bertz CT molecular complexity index is 866. The predicted molar refractivity (Wildman–Crippen MR) is 105 cm³/mol. The van der Waals surface area contributed by atoms with Crippen LogP contribution in [-0.4, -0.2) is 44.5 Å². The van der Waals surface area contributed by atoms with Crippen molar-refractivity contribution < 1.29 is 33.3 Å². The number of benzene rings is 2. The van der Waals surface area contributed by atoms with Crippen LogP contribution in [0.15, 0.2) is 36.4 Å². The van der Waals surface area contributed by atoms with Crippen molar-refractivity contribution in [2.75, 3.05) is 20.3 Å². The van der Waals surface area contributed by atoms with E-state index in [2.05, 4.69) is 0 Å². The third kappa shape index (κ3) is 4.06. The molecule has 0 N–H and O–H groups in total. The maximum absolute atomic E-state index is 12.4. The van der Waals surface area contributed by atoms with E-state index < -0.39 is 29.9 Å². The van der Waals surface area contributed by atoms with Gasteiger partial charge < -0.3 is 23.7 Å². The van der Waals surface area contributed by atoms with Crippen LogP contribution in [0.1, 0.15) is 32.8 Å². The van der Waals surface area contributed by atoms with E-state index in [0.29, 0.717) is 12.0 Å². The Labute approximate surface area is 169 Å². The van der Waals surface area contributed by atoms with Crippen LogP contribution in [0, 0.1) is 0 Å². The molecule has 2 unspecified atom stereocenters. The summed E-state index contributed by atoms with van der Waals surface area (Å²) in [7, 11) is 1.62. The zero-order valence-electron chi connectivity index (χ0n) is 17.1. The molecule has 156 valence electrons. The van der Waals surface area contributed by atoms with Crippen LogP contribution >= 0.6 is 0 Å². The molecule has 0 saturated carbocycles. The van der Waals surface area contributed by atoms with Crippen LogP contribution in [0.25, 0.3) is 10.8 Å². The standard InChI is InChI=1S/C22H26O7/c1-5-22(16-10-8-15-13-17(25-4)11-9-14(15)12-16)28-18(20(23)26-6-2)19(29-22)21(24)27-7-3/h8-13,18-19H,5-7H2,1-4H3. The second-order valence-corrected chi connectivity index (χ2v) is 6.62. The molecule has 1 aliphatic rings. The van der Waals surface area contributed by atoms with Crippen molar-refractivity contribution in [2.45, 2.75) is 45.2 Å². The minimum absolute atomic E-state index is 0.172. The molecule has 0 amide bonds. The lowest BCUT2D eigenvalue weighted by molar-refractivity contribution is -0.197. The first-order chi connectivity index (χ1) is 14.0. The third-order valence-corrected chi connectivity index (χ3v) is 4.90. The fourth-order valence-corrected chi connectivity index (χ4v) is 3.45. The molecule has 0 radical (unpaired) electrons. The number of ether oxygens (including phenoxy) is 5. The molecule has 1 aliphatic heterocycles. The van der Waals surface area contributed by atoms with Gasteiger partial charge in [0.2, 0.25) is 0 Å². The Hall–Kier alpha value is -2.64. The van der Waals surface area contributed by atoms with E-state index in [1.807, 2.05) is 43.3 Å². The Morgan fingerprint density at radius 1 is 0.897 bits per heavy atom.